The minimum Gasteiger partial charge on any atom is -0.497 e. The molecule has 0 saturated heterocycles. The number of hydrogen-bond donors (Lipinski definition) is 1. The van der Waals surface area contributed by atoms with Gasteiger partial charge < -0.3 is 10.5 Å². The van der Waals surface area contributed by atoms with E-state index in [-0.39, 0.29) is 5.41 Å². The Balaban J connectivity index is 2.87. The second-order valence-electron chi connectivity index (χ2n) is 4.84. The fourth-order valence-electron chi connectivity index (χ4n) is 1.58. The summed E-state index contributed by atoms with van der Waals surface area (Å²) in [5.41, 5.74) is 8.53. The number of nitrogens with two attached hydrogens (primary N) is 1. The first-order chi connectivity index (χ1) is 6.98. The summed E-state index contributed by atoms with van der Waals surface area (Å²) in [4.78, 5) is 0. The number of aryl methyl sites for hydroxylation is 1. The second-order valence-corrected chi connectivity index (χ2v) is 4.84. The third kappa shape index (κ3) is 3.24. The molecule has 0 heterocycles. The number of hydrogen-bond acceptors (Lipinski definition) is 2. The van der Waals surface area contributed by atoms with Crippen molar-refractivity contribution < 1.29 is 4.74 Å². The molecule has 1 rings (SSSR count). The molecule has 0 saturated carbocycles. The fourth-order valence-corrected chi connectivity index (χ4v) is 1.58. The maximum Gasteiger partial charge on any atom is 0.119 e. The maximum atomic E-state index is 5.74. The minimum atomic E-state index is 0.166. The van der Waals surface area contributed by atoms with Gasteiger partial charge >= 0.3 is 0 Å². The average Bonchev–Trinajstić information content (AvgIpc) is 2.21. The van der Waals surface area contributed by atoms with Crippen LogP contribution < -0.4 is 10.5 Å². The van der Waals surface area contributed by atoms with Gasteiger partial charge in [-0.3, -0.25) is 0 Å². The lowest BCUT2D eigenvalue weighted by Crippen LogP contribution is -2.26. The first-order valence-electron chi connectivity index (χ1n) is 5.32. The van der Waals surface area contributed by atoms with Gasteiger partial charge in [-0.15, -0.1) is 0 Å². The first kappa shape index (κ1) is 12.1. The zero-order chi connectivity index (χ0) is 11.5. The van der Waals surface area contributed by atoms with E-state index in [9.17, 15) is 0 Å². The number of rotatable bonds is 4. The van der Waals surface area contributed by atoms with Crippen LogP contribution in [0, 0.1) is 12.3 Å². The average molecular weight is 207 g/mol. The predicted octanol–water partition coefficient (Wildman–Crippen LogP) is 2.53. The summed E-state index contributed by atoms with van der Waals surface area (Å²) in [6, 6.07) is 6.21. The number of ether oxygens (including phenoxy) is 1. The quantitative estimate of drug-likeness (QED) is 0.823. The molecule has 15 heavy (non-hydrogen) atoms. The van der Waals surface area contributed by atoms with E-state index in [1.807, 2.05) is 6.07 Å². The molecule has 84 valence electrons. The van der Waals surface area contributed by atoms with E-state index in [0.29, 0.717) is 6.54 Å². The third-order valence-electron chi connectivity index (χ3n) is 2.77. The van der Waals surface area contributed by atoms with Gasteiger partial charge in [-0.05, 0) is 48.6 Å². The summed E-state index contributed by atoms with van der Waals surface area (Å²) in [5.74, 6) is 0.918. The highest BCUT2D eigenvalue weighted by molar-refractivity contribution is 5.35. The lowest BCUT2D eigenvalue weighted by Gasteiger charge is -2.23. The molecule has 0 aliphatic rings. The van der Waals surface area contributed by atoms with Crippen molar-refractivity contribution in [3.8, 4) is 5.75 Å². The molecule has 0 amide bonds. The molecule has 0 aromatic heterocycles. The van der Waals surface area contributed by atoms with Crippen LogP contribution in [-0.4, -0.2) is 13.7 Å². The molecule has 0 unspecified atom stereocenters. The van der Waals surface area contributed by atoms with Crippen molar-refractivity contribution in [3.63, 3.8) is 0 Å². The van der Waals surface area contributed by atoms with Gasteiger partial charge in [-0.25, -0.2) is 0 Å². The summed E-state index contributed by atoms with van der Waals surface area (Å²) in [6.45, 7) is 7.20. The molecule has 2 nitrogen and oxygen atoms in total. The van der Waals surface area contributed by atoms with Crippen LogP contribution in [0.2, 0.25) is 0 Å². The fraction of sp³-hybridized carbons (Fsp3) is 0.538. The maximum absolute atomic E-state index is 5.74. The lowest BCUT2D eigenvalue weighted by atomic mass is 9.84. The smallest absolute Gasteiger partial charge is 0.119 e. The Morgan fingerprint density at radius 2 is 2.00 bits per heavy atom. The molecule has 0 spiro atoms. The molecule has 0 atom stereocenters. The minimum absolute atomic E-state index is 0.166. The Morgan fingerprint density at radius 1 is 1.33 bits per heavy atom. The Labute approximate surface area is 92.4 Å². The summed E-state index contributed by atoms with van der Waals surface area (Å²) in [6.07, 6.45) is 1.01. The van der Waals surface area contributed by atoms with Crippen LogP contribution in [0.5, 0.6) is 5.75 Å². The molecule has 2 N–H and O–H groups in total. The van der Waals surface area contributed by atoms with Crippen molar-refractivity contribution in [2.45, 2.75) is 27.2 Å². The largest absolute Gasteiger partial charge is 0.497 e. The Kier molecular flexibility index (Phi) is 3.75. The molecule has 1 aromatic rings. The first-order valence-corrected chi connectivity index (χ1v) is 5.32. The summed E-state index contributed by atoms with van der Waals surface area (Å²) >= 11 is 0. The van der Waals surface area contributed by atoms with E-state index in [1.165, 1.54) is 11.1 Å². The second kappa shape index (κ2) is 4.67. The van der Waals surface area contributed by atoms with Gasteiger partial charge in [0.25, 0.3) is 0 Å². The van der Waals surface area contributed by atoms with Crippen LogP contribution in [0.15, 0.2) is 18.2 Å². The van der Waals surface area contributed by atoms with E-state index < -0.39 is 0 Å². The number of benzene rings is 1. The summed E-state index contributed by atoms with van der Waals surface area (Å²) in [5, 5.41) is 0. The topological polar surface area (TPSA) is 35.2 Å². The van der Waals surface area contributed by atoms with Gasteiger partial charge in [0.05, 0.1) is 7.11 Å². The van der Waals surface area contributed by atoms with Crippen molar-refractivity contribution in [1.82, 2.24) is 0 Å². The van der Waals surface area contributed by atoms with Gasteiger partial charge in [-0.2, -0.15) is 0 Å². The zero-order valence-corrected chi connectivity index (χ0v) is 10.1. The lowest BCUT2D eigenvalue weighted by molar-refractivity contribution is 0.375. The predicted molar refractivity (Wildman–Crippen MR) is 64.3 cm³/mol. The van der Waals surface area contributed by atoms with Crippen LogP contribution in [0.25, 0.3) is 0 Å². The van der Waals surface area contributed by atoms with E-state index >= 15 is 0 Å². The highest BCUT2D eigenvalue weighted by Gasteiger charge is 2.17. The zero-order valence-electron chi connectivity index (χ0n) is 10.1. The SMILES string of the molecule is COc1ccc(CC(C)(C)CN)c(C)c1. The molecule has 0 aliphatic carbocycles. The molecular weight excluding hydrogens is 186 g/mol. The Hall–Kier alpha value is -1.02. The molecule has 2 heteroatoms. The Morgan fingerprint density at radius 3 is 2.47 bits per heavy atom. The molecule has 0 fully saturated rings. The summed E-state index contributed by atoms with van der Waals surface area (Å²) < 4.78 is 5.18. The summed E-state index contributed by atoms with van der Waals surface area (Å²) in [7, 11) is 1.69. The highest BCUT2D eigenvalue weighted by atomic mass is 16.5. The van der Waals surface area contributed by atoms with Gasteiger partial charge in [0.15, 0.2) is 0 Å². The Bertz CT molecular complexity index is 331. The third-order valence-corrected chi connectivity index (χ3v) is 2.77. The normalized spacial score (nSPS) is 11.5. The molecular formula is C13H21NO. The molecule has 0 radical (unpaired) electrons. The highest BCUT2D eigenvalue weighted by Crippen LogP contribution is 2.24. The van der Waals surface area contributed by atoms with Gasteiger partial charge in [-0.1, -0.05) is 19.9 Å². The van der Waals surface area contributed by atoms with Gasteiger partial charge in [0, 0.05) is 0 Å². The molecule has 0 bridgehead atoms. The van der Waals surface area contributed by atoms with Crippen LogP contribution >= 0.6 is 0 Å². The van der Waals surface area contributed by atoms with E-state index in [1.54, 1.807) is 7.11 Å². The van der Waals surface area contributed by atoms with Crippen LogP contribution in [0.4, 0.5) is 0 Å². The number of methoxy groups -OCH3 is 1. The molecule has 0 aliphatic heterocycles. The van der Waals surface area contributed by atoms with Gasteiger partial charge in [0.1, 0.15) is 5.75 Å². The van der Waals surface area contributed by atoms with E-state index in [0.717, 1.165) is 12.2 Å². The van der Waals surface area contributed by atoms with Crippen LogP contribution in [0.1, 0.15) is 25.0 Å². The standard InChI is InChI=1S/C13H21NO/c1-10-7-12(15-4)6-5-11(10)8-13(2,3)9-14/h5-7H,8-9,14H2,1-4H3. The monoisotopic (exact) mass is 207 g/mol. The van der Waals surface area contributed by atoms with Crippen LogP contribution in [0.3, 0.4) is 0 Å². The van der Waals surface area contributed by atoms with Crippen molar-refractivity contribution in [1.29, 1.82) is 0 Å². The van der Waals surface area contributed by atoms with Crippen molar-refractivity contribution >= 4 is 0 Å². The van der Waals surface area contributed by atoms with E-state index in [4.69, 9.17) is 10.5 Å². The molecule has 1 aromatic carbocycles. The van der Waals surface area contributed by atoms with Crippen molar-refractivity contribution in [3.05, 3.63) is 29.3 Å². The van der Waals surface area contributed by atoms with Crippen LogP contribution in [-0.2, 0) is 6.42 Å². The van der Waals surface area contributed by atoms with Gasteiger partial charge in [0.2, 0.25) is 0 Å². The van der Waals surface area contributed by atoms with Crippen molar-refractivity contribution in [2.75, 3.05) is 13.7 Å². The van der Waals surface area contributed by atoms with Crippen molar-refractivity contribution in [2.24, 2.45) is 11.1 Å². The van der Waals surface area contributed by atoms with E-state index in [2.05, 4.69) is 32.9 Å².